The van der Waals surface area contributed by atoms with E-state index < -0.39 is 12.0 Å². The number of fused-ring (bicyclic) bond motifs is 2. The lowest BCUT2D eigenvalue weighted by Gasteiger charge is -2.19. The highest BCUT2D eigenvalue weighted by Gasteiger charge is 2.41. The molecule has 3 atom stereocenters. The van der Waals surface area contributed by atoms with Crippen LogP contribution in [0.1, 0.15) is 52.1 Å². The first kappa shape index (κ1) is 18.1. The molecule has 0 saturated heterocycles. The lowest BCUT2D eigenvalue weighted by atomic mass is 9.84. The smallest absolute Gasteiger partial charge is 0.309 e. The van der Waals surface area contributed by atoms with Gasteiger partial charge >= 0.3 is 5.97 Å². The zero-order chi connectivity index (χ0) is 20.0. The number of esters is 1. The van der Waals surface area contributed by atoms with Crippen LogP contribution in [0.2, 0.25) is 0 Å². The van der Waals surface area contributed by atoms with Gasteiger partial charge in [0.1, 0.15) is 0 Å². The first-order valence-electron chi connectivity index (χ1n) is 9.20. The SMILES string of the molecule is C[C@H](OC(=O)[C@H]1C[C@H]1C)C(=O)Nc1ccc2c(c1)C(=O)c1ccccc1C2=O. The predicted molar refractivity (Wildman–Crippen MR) is 101 cm³/mol. The minimum Gasteiger partial charge on any atom is -0.452 e. The summed E-state index contributed by atoms with van der Waals surface area (Å²) in [5, 5.41) is 2.65. The first-order valence-corrected chi connectivity index (χ1v) is 9.20. The molecule has 0 heterocycles. The summed E-state index contributed by atoms with van der Waals surface area (Å²) < 4.78 is 5.20. The standard InChI is InChI=1S/C22H19NO5/c1-11-9-17(11)22(27)28-12(2)21(26)23-13-7-8-16-18(10-13)20(25)15-6-4-3-5-14(15)19(16)24/h3-8,10-12,17H,9H2,1-2H3,(H,23,26)/t11-,12+,17+/m1/s1. The van der Waals surface area contributed by atoms with Gasteiger partial charge in [0, 0.05) is 27.9 Å². The van der Waals surface area contributed by atoms with Gasteiger partial charge in [0.05, 0.1) is 5.92 Å². The molecule has 0 bridgehead atoms. The Hall–Kier alpha value is -3.28. The Bertz CT molecular complexity index is 1030. The van der Waals surface area contributed by atoms with Crippen molar-refractivity contribution in [3.63, 3.8) is 0 Å². The lowest BCUT2D eigenvalue weighted by molar-refractivity contribution is -0.154. The summed E-state index contributed by atoms with van der Waals surface area (Å²) in [6.45, 7) is 3.46. The number of hydrogen-bond acceptors (Lipinski definition) is 5. The molecule has 0 spiro atoms. The minimum absolute atomic E-state index is 0.123. The van der Waals surface area contributed by atoms with E-state index >= 15 is 0 Å². The monoisotopic (exact) mass is 377 g/mol. The Morgan fingerprint density at radius 2 is 1.57 bits per heavy atom. The Morgan fingerprint density at radius 1 is 1.00 bits per heavy atom. The number of carbonyl (C=O) groups is 4. The molecule has 2 aliphatic rings. The normalized spacial score (nSPS) is 20.6. The van der Waals surface area contributed by atoms with E-state index in [1.165, 1.54) is 19.1 Å². The van der Waals surface area contributed by atoms with E-state index in [-0.39, 0.29) is 29.0 Å². The third kappa shape index (κ3) is 3.11. The molecule has 4 rings (SSSR count). The molecular weight excluding hydrogens is 358 g/mol. The number of ketones is 2. The van der Waals surface area contributed by atoms with Gasteiger partial charge in [-0.1, -0.05) is 31.2 Å². The van der Waals surface area contributed by atoms with Gasteiger partial charge in [0.15, 0.2) is 17.7 Å². The molecule has 2 aromatic carbocycles. The summed E-state index contributed by atoms with van der Waals surface area (Å²) >= 11 is 0. The number of benzene rings is 2. The molecule has 0 aromatic heterocycles. The molecule has 0 aliphatic heterocycles. The highest BCUT2D eigenvalue weighted by molar-refractivity contribution is 6.28. The average molecular weight is 377 g/mol. The number of anilines is 1. The largest absolute Gasteiger partial charge is 0.452 e. The molecule has 1 amide bonds. The molecule has 0 unspecified atom stereocenters. The highest BCUT2D eigenvalue weighted by Crippen LogP contribution is 2.38. The molecule has 1 saturated carbocycles. The van der Waals surface area contributed by atoms with Crippen LogP contribution in [-0.4, -0.2) is 29.5 Å². The maximum absolute atomic E-state index is 12.7. The van der Waals surface area contributed by atoms with Crippen LogP contribution in [0.15, 0.2) is 42.5 Å². The van der Waals surface area contributed by atoms with E-state index in [9.17, 15) is 19.2 Å². The Labute approximate surface area is 161 Å². The predicted octanol–water partition coefficient (Wildman–Crippen LogP) is 2.99. The van der Waals surface area contributed by atoms with Gasteiger partial charge in [-0.25, -0.2) is 0 Å². The van der Waals surface area contributed by atoms with E-state index in [4.69, 9.17) is 4.74 Å². The fraction of sp³-hybridized carbons (Fsp3) is 0.273. The van der Waals surface area contributed by atoms with Crippen molar-refractivity contribution in [3.05, 3.63) is 64.7 Å². The molecule has 2 aliphatic carbocycles. The van der Waals surface area contributed by atoms with Crippen molar-refractivity contribution in [2.45, 2.75) is 26.4 Å². The van der Waals surface area contributed by atoms with Gasteiger partial charge in [0.25, 0.3) is 5.91 Å². The van der Waals surface area contributed by atoms with Crippen LogP contribution in [0.5, 0.6) is 0 Å². The van der Waals surface area contributed by atoms with Crippen LogP contribution < -0.4 is 5.32 Å². The second kappa shape index (κ2) is 6.71. The fourth-order valence-corrected chi connectivity index (χ4v) is 3.39. The van der Waals surface area contributed by atoms with E-state index in [0.717, 1.165) is 6.42 Å². The maximum Gasteiger partial charge on any atom is 0.309 e. The third-order valence-electron chi connectivity index (χ3n) is 5.27. The van der Waals surface area contributed by atoms with Crippen molar-refractivity contribution in [1.29, 1.82) is 0 Å². The first-order chi connectivity index (χ1) is 13.4. The molecule has 1 fully saturated rings. The molecule has 2 aromatic rings. The maximum atomic E-state index is 12.7. The second-order valence-corrected chi connectivity index (χ2v) is 7.35. The Kier molecular flexibility index (Phi) is 4.34. The van der Waals surface area contributed by atoms with E-state index in [0.29, 0.717) is 28.3 Å². The van der Waals surface area contributed by atoms with Gasteiger partial charge in [-0.3, -0.25) is 19.2 Å². The zero-order valence-electron chi connectivity index (χ0n) is 15.5. The number of ether oxygens (including phenoxy) is 1. The number of hydrogen-bond donors (Lipinski definition) is 1. The van der Waals surface area contributed by atoms with Gasteiger partial charge in [0.2, 0.25) is 0 Å². The van der Waals surface area contributed by atoms with Crippen molar-refractivity contribution in [2.75, 3.05) is 5.32 Å². The molecule has 6 nitrogen and oxygen atoms in total. The van der Waals surface area contributed by atoms with Crippen molar-refractivity contribution < 1.29 is 23.9 Å². The number of rotatable bonds is 4. The summed E-state index contributed by atoms with van der Waals surface area (Å²) in [4.78, 5) is 49.6. The second-order valence-electron chi connectivity index (χ2n) is 7.35. The molecule has 1 N–H and O–H groups in total. The van der Waals surface area contributed by atoms with Crippen LogP contribution in [0.25, 0.3) is 0 Å². The van der Waals surface area contributed by atoms with Crippen molar-refractivity contribution >= 4 is 29.1 Å². The Balaban J connectivity index is 1.51. The van der Waals surface area contributed by atoms with Crippen LogP contribution in [0.3, 0.4) is 0 Å². The topological polar surface area (TPSA) is 89.5 Å². The van der Waals surface area contributed by atoms with Gasteiger partial charge in [-0.15, -0.1) is 0 Å². The quantitative estimate of drug-likeness (QED) is 0.706. The summed E-state index contributed by atoms with van der Waals surface area (Å²) in [7, 11) is 0. The summed E-state index contributed by atoms with van der Waals surface area (Å²) in [5.74, 6) is -1.15. The number of amides is 1. The van der Waals surface area contributed by atoms with Crippen LogP contribution in [0.4, 0.5) is 5.69 Å². The van der Waals surface area contributed by atoms with E-state index in [2.05, 4.69) is 5.32 Å². The Morgan fingerprint density at radius 3 is 2.18 bits per heavy atom. The van der Waals surface area contributed by atoms with Crippen molar-refractivity contribution in [1.82, 2.24) is 0 Å². The molecule has 142 valence electrons. The molecule has 28 heavy (non-hydrogen) atoms. The lowest BCUT2D eigenvalue weighted by Crippen LogP contribution is -2.31. The van der Waals surface area contributed by atoms with Crippen LogP contribution >= 0.6 is 0 Å². The molecule has 0 radical (unpaired) electrons. The minimum atomic E-state index is -0.950. The third-order valence-corrected chi connectivity index (χ3v) is 5.27. The average Bonchev–Trinajstić information content (AvgIpc) is 3.43. The van der Waals surface area contributed by atoms with Crippen molar-refractivity contribution in [3.8, 4) is 0 Å². The van der Waals surface area contributed by atoms with Gasteiger partial charge in [-0.05, 0) is 37.5 Å². The summed E-state index contributed by atoms with van der Waals surface area (Å²) in [5.41, 5.74) is 1.66. The van der Waals surface area contributed by atoms with Crippen LogP contribution in [-0.2, 0) is 14.3 Å². The summed E-state index contributed by atoms with van der Waals surface area (Å²) in [6, 6.07) is 11.2. The molecule has 6 heteroatoms. The van der Waals surface area contributed by atoms with Gasteiger partial charge in [-0.2, -0.15) is 0 Å². The van der Waals surface area contributed by atoms with Crippen molar-refractivity contribution in [2.24, 2.45) is 11.8 Å². The van der Waals surface area contributed by atoms with Crippen LogP contribution in [0, 0.1) is 11.8 Å². The number of carbonyl (C=O) groups excluding carboxylic acids is 4. The number of nitrogens with one attached hydrogen (secondary N) is 1. The summed E-state index contributed by atoms with van der Waals surface area (Å²) in [6.07, 6.45) is -0.162. The highest BCUT2D eigenvalue weighted by atomic mass is 16.5. The van der Waals surface area contributed by atoms with E-state index in [1.54, 1.807) is 30.3 Å². The zero-order valence-corrected chi connectivity index (χ0v) is 15.5. The van der Waals surface area contributed by atoms with E-state index in [1.807, 2.05) is 6.92 Å². The fourth-order valence-electron chi connectivity index (χ4n) is 3.39. The molecular formula is C22H19NO5. The van der Waals surface area contributed by atoms with Gasteiger partial charge < -0.3 is 10.1 Å².